The Morgan fingerprint density at radius 2 is 2.35 bits per heavy atom. The third-order valence-corrected chi connectivity index (χ3v) is 5.75. The summed E-state index contributed by atoms with van der Waals surface area (Å²) in [4.78, 5) is 14.4. The van der Waals surface area contributed by atoms with Crippen LogP contribution in [0.25, 0.3) is 0 Å². The molecule has 3 N–H and O–H groups in total. The van der Waals surface area contributed by atoms with Gasteiger partial charge in [-0.05, 0) is 24.1 Å². The topological polar surface area (TPSA) is 64.3 Å². The summed E-state index contributed by atoms with van der Waals surface area (Å²) < 4.78 is 4.75. The lowest BCUT2D eigenvalue weighted by molar-refractivity contribution is 0.0607. The maximum atomic E-state index is 11.6. The van der Waals surface area contributed by atoms with Crippen molar-refractivity contribution in [1.82, 2.24) is 0 Å². The number of carbonyl (C=O) groups is 1. The van der Waals surface area contributed by atoms with Crippen LogP contribution in [0.4, 0.5) is 10.7 Å². The summed E-state index contributed by atoms with van der Waals surface area (Å²) in [6, 6.07) is 4.16. The molecular formula is C13H16N2O2S3. The van der Waals surface area contributed by atoms with E-state index >= 15 is 0 Å². The number of carbonyl (C=O) groups excluding carboxylic acids is 1. The fraction of sp³-hybridized carbons (Fsp3) is 0.308. The Hall–Kier alpha value is -1.18. The molecule has 108 valence electrons. The van der Waals surface area contributed by atoms with E-state index in [1.807, 2.05) is 12.3 Å². The van der Waals surface area contributed by atoms with E-state index in [4.69, 9.17) is 10.5 Å². The number of thiophene rings is 2. The summed E-state index contributed by atoms with van der Waals surface area (Å²) in [7, 11) is 1.37. The van der Waals surface area contributed by atoms with E-state index in [1.165, 1.54) is 35.1 Å². The van der Waals surface area contributed by atoms with Crippen LogP contribution in [-0.4, -0.2) is 25.9 Å². The molecule has 20 heavy (non-hydrogen) atoms. The molecule has 0 bridgehead atoms. The van der Waals surface area contributed by atoms with E-state index in [2.05, 4.69) is 16.8 Å². The summed E-state index contributed by atoms with van der Waals surface area (Å²) >= 11 is 4.63. The van der Waals surface area contributed by atoms with Crippen molar-refractivity contribution in [3.63, 3.8) is 0 Å². The molecule has 0 spiro atoms. The molecule has 0 amide bonds. The van der Waals surface area contributed by atoms with Crippen LogP contribution in [0, 0.1) is 0 Å². The van der Waals surface area contributed by atoms with E-state index < -0.39 is 0 Å². The molecule has 0 aliphatic carbocycles. The molecule has 0 saturated heterocycles. The van der Waals surface area contributed by atoms with E-state index in [0.717, 1.165) is 22.9 Å². The minimum absolute atomic E-state index is 0.380. The molecule has 2 aromatic heterocycles. The molecule has 0 unspecified atom stereocenters. The zero-order valence-electron chi connectivity index (χ0n) is 11.3. The van der Waals surface area contributed by atoms with E-state index in [0.29, 0.717) is 10.6 Å². The molecule has 0 atom stereocenters. The maximum absolute atomic E-state index is 11.6. The summed E-state index contributed by atoms with van der Waals surface area (Å²) in [5, 5.41) is 6.37. The SMILES string of the molecule is COC(=O)c1sc(NCCc2cccs2)c(SC)c1N. The highest BCUT2D eigenvalue weighted by atomic mass is 32.2. The molecule has 0 saturated carbocycles. The maximum Gasteiger partial charge on any atom is 0.350 e. The Kier molecular flexibility index (Phi) is 5.33. The van der Waals surface area contributed by atoms with Gasteiger partial charge >= 0.3 is 5.97 Å². The third-order valence-electron chi connectivity index (χ3n) is 2.71. The van der Waals surface area contributed by atoms with Gasteiger partial charge in [-0.1, -0.05) is 6.07 Å². The number of hydrogen-bond donors (Lipinski definition) is 2. The van der Waals surface area contributed by atoms with Crippen LogP contribution in [0.5, 0.6) is 0 Å². The lowest BCUT2D eigenvalue weighted by Gasteiger charge is -2.05. The summed E-state index contributed by atoms with van der Waals surface area (Å²) in [6.07, 6.45) is 2.90. The summed E-state index contributed by atoms with van der Waals surface area (Å²) in [5.74, 6) is -0.380. The van der Waals surface area contributed by atoms with Crippen molar-refractivity contribution in [2.24, 2.45) is 0 Å². The van der Waals surface area contributed by atoms with Crippen molar-refractivity contribution in [2.45, 2.75) is 11.3 Å². The van der Waals surface area contributed by atoms with Gasteiger partial charge in [0.15, 0.2) is 0 Å². The molecule has 2 rings (SSSR count). The van der Waals surface area contributed by atoms with Gasteiger partial charge in [-0.2, -0.15) is 0 Å². The Labute approximate surface area is 130 Å². The van der Waals surface area contributed by atoms with Crippen molar-refractivity contribution in [3.8, 4) is 0 Å². The van der Waals surface area contributed by atoms with Crippen molar-refractivity contribution in [3.05, 3.63) is 27.3 Å². The van der Waals surface area contributed by atoms with Crippen molar-refractivity contribution < 1.29 is 9.53 Å². The zero-order valence-corrected chi connectivity index (χ0v) is 13.7. The molecule has 2 heterocycles. The van der Waals surface area contributed by atoms with Gasteiger partial charge in [0.2, 0.25) is 0 Å². The van der Waals surface area contributed by atoms with Crippen LogP contribution in [0.15, 0.2) is 22.4 Å². The van der Waals surface area contributed by atoms with Gasteiger partial charge in [0, 0.05) is 11.4 Å². The molecule has 4 nitrogen and oxygen atoms in total. The molecule has 0 aliphatic rings. The molecule has 7 heteroatoms. The van der Waals surface area contributed by atoms with Gasteiger partial charge in [0.1, 0.15) is 9.88 Å². The number of nitrogens with one attached hydrogen (secondary N) is 1. The Morgan fingerprint density at radius 3 is 2.95 bits per heavy atom. The second-order valence-electron chi connectivity index (χ2n) is 3.95. The van der Waals surface area contributed by atoms with Crippen LogP contribution in [0.2, 0.25) is 0 Å². The Bertz CT molecular complexity index is 579. The van der Waals surface area contributed by atoms with E-state index in [-0.39, 0.29) is 5.97 Å². The smallest absolute Gasteiger partial charge is 0.350 e. The van der Waals surface area contributed by atoms with Gasteiger partial charge in [0.25, 0.3) is 0 Å². The number of anilines is 2. The van der Waals surface area contributed by atoms with Crippen LogP contribution < -0.4 is 11.1 Å². The standard InChI is InChI=1S/C13H16N2O2S3/c1-17-13(16)11-9(14)10(18-2)12(20-11)15-6-5-8-4-3-7-19-8/h3-4,7,15H,5-6,14H2,1-2H3. The number of thioether (sulfide) groups is 1. The summed E-state index contributed by atoms with van der Waals surface area (Å²) in [6.45, 7) is 0.814. The van der Waals surface area contributed by atoms with Crippen LogP contribution >= 0.6 is 34.4 Å². The number of nitrogen functional groups attached to an aromatic ring is 1. The predicted octanol–water partition coefficient (Wildman–Crippen LogP) is 3.55. The minimum Gasteiger partial charge on any atom is -0.465 e. The summed E-state index contributed by atoms with van der Waals surface area (Å²) in [5.41, 5.74) is 6.52. The van der Waals surface area contributed by atoms with Crippen LogP contribution in [0.3, 0.4) is 0 Å². The molecule has 0 radical (unpaired) electrons. The lowest BCUT2D eigenvalue weighted by Crippen LogP contribution is -2.03. The third kappa shape index (κ3) is 3.28. The zero-order chi connectivity index (χ0) is 14.5. The second-order valence-corrected chi connectivity index (χ2v) is 6.82. The number of rotatable bonds is 6. The Balaban J connectivity index is 2.08. The highest BCUT2D eigenvalue weighted by Crippen LogP contribution is 2.41. The first-order chi connectivity index (χ1) is 9.67. The quantitative estimate of drug-likeness (QED) is 0.627. The molecule has 0 aromatic carbocycles. The first-order valence-corrected chi connectivity index (χ1v) is 8.90. The Morgan fingerprint density at radius 1 is 1.55 bits per heavy atom. The fourth-order valence-electron chi connectivity index (χ4n) is 1.75. The number of nitrogens with two attached hydrogens (primary N) is 1. The van der Waals surface area contributed by atoms with Crippen molar-refractivity contribution in [1.29, 1.82) is 0 Å². The molecule has 0 aliphatic heterocycles. The largest absolute Gasteiger partial charge is 0.465 e. The number of methoxy groups -OCH3 is 1. The first kappa shape index (κ1) is 15.2. The monoisotopic (exact) mass is 328 g/mol. The van der Waals surface area contributed by atoms with Gasteiger partial charge in [-0.25, -0.2) is 4.79 Å². The lowest BCUT2D eigenvalue weighted by atomic mass is 10.3. The average Bonchev–Trinajstić information content (AvgIpc) is 3.06. The van der Waals surface area contributed by atoms with Crippen LogP contribution in [0.1, 0.15) is 14.5 Å². The minimum atomic E-state index is -0.380. The van der Waals surface area contributed by atoms with E-state index in [9.17, 15) is 4.79 Å². The molecule has 0 fully saturated rings. The van der Waals surface area contributed by atoms with Crippen LogP contribution in [-0.2, 0) is 11.2 Å². The van der Waals surface area contributed by atoms with Crippen molar-refractivity contribution in [2.75, 3.05) is 31.0 Å². The second kappa shape index (κ2) is 7.01. The number of hydrogen-bond acceptors (Lipinski definition) is 7. The normalized spacial score (nSPS) is 10.5. The predicted molar refractivity (Wildman–Crippen MR) is 88.4 cm³/mol. The number of esters is 1. The molecule has 2 aromatic rings. The fourth-order valence-corrected chi connectivity index (χ4v) is 4.43. The van der Waals surface area contributed by atoms with Gasteiger partial charge in [-0.3, -0.25) is 0 Å². The average molecular weight is 328 g/mol. The highest BCUT2D eigenvalue weighted by Gasteiger charge is 2.20. The number of ether oxygens (including phenoxy) is 1. The van der Waals surface area contributed by atoms with Crippen molar-refractivity contribution >= 4 is 51.1 Å². The van der Waals surface area contributed by atoms with E-state index in [1.54, 1.807) is 11.3 Å². The first-order valence-electron chi connectivity index (χ1n) is 5.98. The highest BCUT2D eigenvalue weighted by molar-refractivity contribution is 7.99. The van der Waals surface area contributed by atoms with Gasteiger partial charge in [-0.15, -0.1) is 34.4 Å². The molecular weight excluding hydrogens is 312 g/mol. The van der Waals surface area contributed by atoms with Gasteiger partial charge < -0.3 is 15.8 Å². The van der Waals surface area contributed by atoms with Gasteiger partial charge in [0.05, 0.1) is 17.7 Å².